The number of imidazole rings is 1. The number of aromatic amines is 1. The van der Waals surface area contributed by atoms with E-state index in [0.717, 1.165) is 0 Å². The molecular weight excluding hydrogens is 305 g/mol. The Hall–Kier alpha value is -1.78. The van der Waals surface area contributed by atoms with Crippen molar-refractivity contribution < 1.29 is 23.8 Å². The fourth-order valence-electron chi connectivity index (χ4n) is 2.03. The molecule has 1 aliphatic rings. The van der Waals surface area contributed by atoms with Gasteiger partial charge in [-0.3, -0.25) is 14.3 Å². The van der Waals surface area contributed by atoms with Crippen LogP contribution >= 0.6 is 7.60 Å². The number of fused-ring (bicyclic) bond motifs is 1. The van der Waals surface area contributed by atoms with Crippen molar-refractivity contribution in [3.8, 4) is 0 Å². The Bertz CT molecular complexity index is 781. The lowest BCUT2D eigenvalue weighted by Gasteiger charge is -2.12. The number of aromatic nitrogens is 4. The van der Waals surface area contributed by atoms with Gasteiger partial charge in [-0.25, -0.2) is 4.98 Å². The van der Waals surface area contributed by atoms with Crippen molar-refractivity contribution in [1.29, 1.82) is 0 Å². The molecule has 12 heteroatoms. The van der Waals surface area contributed by atoms with E-state index in [4.69, 9.17) is 25.0 Å². The molecule has 0 saturated carbocycles. The zero-order valence-corrected chi connectivity index (χ0v) is 11.4. The molecule has 2 atom stereocenters. The van der Waals surface area contributed by atoms with E-state index in [9.17, 15) is 9.36 Å². The van der Waals surface area contributed by atoms with Crippen molar-refractivity contribution >= 4 is 24.7 Å². The van der Waals surface area contributed by atoms with Crippen LogP contribution in [-0.2, 0) is 20.6 Å². The van der Waals surface area contributed by atoms with Crippen LogP contribution < -0.4 is 11.3 Å². The van der Waals surface area contributed by atoms with E-state index >= 15 is 0 Å². The maximum Gasteiger partial charge on any atom is 0.381 e. The SMILES string of the molecule is Nc1nc2c(ncn2C[C@H]2CO[C@@H](P(=O)(O)O)O2)c(=O)[nH]1. The van der Waals surface area contributed by atoms with Crippen molar-refractivity contribution in [2.24, 2.45) is 0 Å². The monoisotopic (exact) mass is 317 g/mol. The summed E-state index contributed by atoms with van der Waals surface area (Å²) in [6.07, 6.45) is 0.780. The van der Waals surface area contributed by atoms with Gasteiger partial charge in [0, 0.05) is 0 Å². The number of nitrogens with zero attached hydrogens (tertiary/aromatic N) is 3. The van der Waals surface area contributed by atoms with Gasteiger partial charge in [0.25, 0.3) is 11.6 Å². The van der Waals surface area contributed by atoms with Gasteiger partial charge in [-0.1, -0.05) is 0 Å². The van der Waals surface area contributed by atoms with E-state index < -0.39 is 25.3 Å². The molecular formula is C9H12N5O6P. The van der Waals surface area contributed by atoms with Gasteiger partial charge in [-0.05, 0) is 0 Å². The van der Waals surface area contributed by atoms with Gasteiger partial charge in [0.05, 0.1) is 19.5 Å². The second kappa shape index (κ2) is 4.90. The summed E-state index contributed by atoms with van der Waals surface area (Å²) in [4.78, 5) is 39.8. The fourth-order valence-corrected chi connectivity index (χ4v) is 2.64. The molecule has 0 aromatic carbocycles. The van der Waals surface area contributed by atoms with Crippen LogP contribution in [-0.4, -0.2) is 48.0 Å². The summed E-state index contributed by atoms with van der Waals surface area (Å²) in [5, 5.41) is 0. The average molecular weight is 317 g/mol. The summed E-state index contributed by atoms with van der Waals surface area (Å²) < 4.78 is 22.6. The number of ether oxygens (including phenoxy) is 2. The van der Waals surface area contributed by atoms with Gasteiger partial charge in [-0.15, -0.1) is 0 Å². The molecule has 1 saturated heterocycles. The van der Waals surface area contributed by atoms with E-state index in [1.54, 1.807) is 0 Å². The van der Waals surface area contributed by atoms with Crippen molar-refractivity contribution in [3.05, 3.63) is 16.7 Å². The first-order valence-corrected chi connectivity index (χ1v) is 7.55. The van der Waals surface area contributed by atoms with E-state index in [-0.39, 0.29) is 30.3 Å². The molecule has 0 unspecified atom stereocenters. The van der Waals surface area contributed by atoms with Crippen molar-refractivity contribution in [1.82, 2.24) is 19.5 Å². The summed E-state index contributed by atoms with van der Waals surface area (Å²) in [6, 6.07) is -1.57. The van der Waals surface area contributed by atoms with Gasteiger partial charge in [0.15, 0.2) is 11.2 Å². The van der Waals surface area contributed by atoms with Crippen molar-refractivity contribution in [2.75, 3.05) is 12.3 Å². The third kappa shape index (κ3) is 2.69. The minimum Gasteiger partial charge on any atom is -0.369 e. The van der Waals surface area contributed by atoms with E-state index in [1.807, 2.05) is 0 Å². The Morgan fingerprint density at radius 1 is 1.57 bits per heavy atom. The summed E-state index contributed by atoms with van der Waals surface area (Å²) in [7, 11) is -4.46. The largest absolute Gasteiger partial charge is 0.381 e. The lowest BCUT2D eigenvalue weighted by atomic mass is 10.4. The number of hydrogen-bond acceptors (Lipinski definition) is 7. The number of anilines is 1. The second-order valence-corrected chi connectivity index (χ2v) is 6.11. The fraction of sp³-hybridized carbons (Fsp3) is 0.444. The molecule has 0 radical (unpaired) electrons. The van der Waals surface area contributed by atoms with Gasteiger partial charge >= 0.3 is 7.60 Å². The van der Waals surface area contributed by atoms with Crippen LogP contribution in [0.25, 0.3) is 11.2 Å². The topological polar surface area (TPSA) is 166 Å². The van der Waals surface area contributed by atoms with E-state index in [1.165, 1.54) is 10.9 Å². The zero-order chi connectivity index (χ0) is 15.2. The van der Waals surface area contributed by atoms with Crippen LogP contribution in [0.15, 0.2) is 11.1 Å². The summed E-state index contributed by atoms with van der Waals surface area (Å²) >= 11 is 0. The van der Waals surface area contributed by atoms with Crippen LogP contribution in [0.1, 0.15) is 0 Å². The Labute approximate surface area is 116 Å². The smallest absolute Gasteiger partial charge is 0.369 e. The summed E-state index contributed by atoms with van der Waals surface area (Å²) in [6.45, 7) is 0.178. The second-order valence-electron chi connectivity index (χ2n) is 4.51. The predicted molar refractivity (Wildman–Crippen MR) is 69.2 cm³/mol. The van der Waals surface area contributed by atoms with Crippen LogP contribution in [0.4, 0.5) is 5.95 Å². The van der Waals surface area contributed by atoms with Gasteiger partial charge in [0.2, 0.25) is 5.95 Å². The number of hydrogen-bond donors (Lipinski definition) is 4. The average Bonchev–Trinajstić information content (AvgIpc) is 2.97. The van der Waals surface area contributed by atoms with Crippen LogP contribution in [0.2, 0.25) is 0 Å². The first-order valence-electron chi connectivity index (χ1n) is 5.87. The molecule has 0 aliphatic carbocycles. The first-order chi connectivity index (χ1) is 9.84. The predicted octanol–water partition coefficient (Wildman–Crippen LogP) is -1.42. The first kappa shape index (κ1) is 14.2. The van der Waals surface area contributed by atoms with Crippen LogP contribution in [0.5, 0.6) is 0 Å². The lowest BCUT2D eigenvalue weighted by Crippen LogP contribution is -2.20. The number of H-pyrrole nitrogens is 1. The number of nitrogens with two attached hydrogens (primary N) is 1. The molecule has 0 spiro atoms. The summed E-state index contributed by atoms with van der Waals surface area (Å²) in [5.41, 5.74) is 5.39. The zero-order valence-electron chi connectivity index (χ0n) is 10.5. The molecule has 11 nitrogen and oxygen atoms in total. The number of nitrogens with one attached hydrogen (secondary N) is 1. The third-order valence-electron chi connectivity index (χ3n) is 2.90. The molecule has 2 aromatic heterocycles. The van der Waals surface area contributed by atoms with Crippen molar-refractivity contribution in [2.45, 2.75) is 18.7 Å². The highest BCUT2D eigenvalue weighted by Gasteiger charge is 2.39. The minimum absolute atomic E-state index is 0.00806. The normalized spacial score (nSPS) is 23.0. The van der Waals surface area contributed by atoms with Gasteiger partial charge in [-0.2, -0.15) is 4.98 Å². The molecule has 0 bridgehead atoms. The van der Waals surface area contributed by atoms with E-state index in [2.05, 4.69) is 15.0 Å². The molecule has 3 heterocycles. The number of rotatable bonds is 3. The molecule has 0 amide bonds. The molecule has 1 aliphatic heterocycles. The minimum atomic E-state index is -4.46. The Morgan fingerprint density at radius 3 is 3.00 bits per heavy atom. The summed E-state index contributed by atoms with van der Waals surface area (Å²) in [5.74, 6) is -0.0501. The molecule has 2 aromatic rings. The Balaban J connectivity index is 1.84. The van der Waals surface area contributed by atoms with Gasteiger partial charge in [0.1, 0.15) is 6.10 Å². The number of nitrogen functional groups attached to an aromatic ring is 1. The highest BCUT2D eigenvalue weighted by Crippen LogP contribution is 2.45. The van der Waals surface area contributed by atoms with Crippen LogP contribution in [0.3, 0.4) is 0 Å². The molecule has 5 N–H and O–H groups in total. The highest BCUT2D eigenvalue weighted by molar-refractivity contribution is 7.52. The maximum atomic E-state index is 11.6. The third-order valence-corrected chi connectivity index (χ3v) is 3.72. The molecule has 114 valence electrons. The highest BCUT2D eigenvalue weighted by atomic mass is 31.2. The maximum absolute atomic E-state index is 11.6. The Morgan fingerprint density at radius 2 is 2.33 bits per heavy atom. The molecule has 3 rings (SSSR count). The standard InChI is InChI=1S/C9H12N5O6P/c10-8-12-6-5(7(15)13-8)11-3-14(6)1-4-2-19-9(20-4)21(16,17)18/h3-4,9H,1-2H2,(H2,16,17,18)(H3,10,12,13,15)/t4-,9+/m0/s1. The lowest BCUT2D eigenvalue weighted by molar-refractivity contribution is -0.0146. The van der Waals surface area contributed by atoms with E-state index in [0.29, 0.717) is 0 Å². The van der Waals surface area contributed by atoms with Crippen molar-refractivity contribution in [3.63, 3.8) is 0 Å². The molecule has 21 heavy (non-hydrogen) atoms. The quantitative estimate of drug-likeness (QED) is 0.497. The molecule has 1 fully saturated rings. The Kier molecular flexibility index (Phi) is 3.30. The van der Waals surface area contributed by atoms with Crippen LogP contribution in [0, 0.1) is 0 Å². The van der Waals surface area contributed by atoms with Gasteiger partial charge < -0.3 is 29.6 Å².